The SMILES string of the molecule is CN1CCc2[nH][nH]c(=O)c2CC1. The van der Waals surface area contributed by atoms with Crippen LogP contribution in [0.5, 0.6) is 0 Å². The Hall–Kier alpha value is -1.03. The summed E-state index contributed by atoms with van der Waals surface area (Å²) in [4.78, 5) is 13.5. The summed E-state index contributed by atoms with van der Waals surface area (Å²) in [6, 6.07) is 0. The molecule has 4 nitrogen and oxygen atoms in total. The van der Waals surface area contributed by atoms with Crippen molar-refractivity contribution >= 4 is 0 Å². The Labute approximate surface area is 70.6 Å². The minimum absolute atomic E-state index is 0.0558. The summed E-state index contributed by atoms with van der Waals surface area (Å²) in [5, 5.41) is 5.54. The van der Waals surface area contributed by atoms with Gasteiger partial charge in [-0.1, -0.05) is 0 Å². The van der Waals surface area contributed by atoms with Crippen molar-refractivity contribution in [2.24, 2.45) is 0 Å². The van der Waals surface area contributed by atoms with E-state index in [9.17, 15) is 4.79 Å². The number of aromatic nitrogens is 2. The highest BCUT2D eigenvalue weighted by Gasteiger charge is 2.14. The summed E-state index contributed by atoms with van der Waals surface area (Å²) in [6.45, 7) is 2.01. The van der Waals surface area contributed by atoms with Gasteiger partial charge in [-0.25, -0.2) is 0 Å². The Morgan fingerprint density at radius 2 is 2.00 bits per heavy atom. The van der Waals surface area contributed by atoms with Gasteiger partial charge in [-0.3, -0.25) is 9.89 Å². The molecular formula is C8H13N3O. The lowest BCUT2D eigenvalue weighted by Crippen LogP contribution is -2.22. The van der Waals surface area contributed by atoms with Crippen LogP contribution in [0.25, 0.3) is 0 Å². The van der Waals surface area contributed by atoms with E-state index in [4.69, 9.17) is 0 Å². The summed E-state index contributed by atoms with van der Waals surface area (Å²) in [6.07, 6.45) is 1.81. The molecule has 2 N–H and O–H groups in total. The highest BCUT2D eigenvalue weighted by atomic mass is 16.1. The first kappa shape index (κ1) is 7.61. The molecule has 2 rings (SSSR count). The Bertz CT molecular complexity index is 325. The number of hydrogen-bond acceptors (Lipinski definition) is 2. The predicted molar refractivity (Wildman–Crippen MR) is 46.3 cm³/mol. The smallest absolute Gasteiger partial charge is 0.267 e. The number of nitrogens with zero attached hydrogens (tertiary/aromatic N) is 1. The Balaban J connectivity index is 2.34. The van der Waals surface area contributed by atoms with Crippen LogP contribution in [0.2, 0.25) is 0 Å². The van der Waals surface area contributed by atoms with E-state index in [1.165, 1.54) is 0 Å². The van der Waals surface area contributed by atoms with E-state index in [0.717, 1.165) is 37.2 Å². The molecule has 0 radical (unpaired) electrons. The van der Waals surface area contributed by atoms with Crippen molar-refractivity contribution in [2.75, 3.05) is 20.1 Å². The standard InChI is InChI=1S/C8H13N3O/c1-11-4-2-6-7(3-5-11)9-10-8(6)12/h2-5H2,1H3,(H2,9,10,12). The fourth-order valence-electron chi connectivity index (χ4n) is 1.62. The van der Waals surface area contributed by atoms with E-state index in [0.29, 0.717) is 0 Å². The van der Waals surface area contributed by atoms with E-state index in [-0.39, 0.29) is 5.56 Å². The number of aromatic amines is 2. The molecule has 0 saturated heterocycles. The maximum atomic E-state index is 11.2. The van der Waals surface area contributed by atoms with Crippen LogP contribution >= 0.6 is 0 Å². The molecule has 0 saturated carbocycles. The lowest BCUT2D eigenvalue weighted by Gasteiger charge is -2.10. The van der Waals surface area contributed by atoms with Crippen LogP contribution in [0.4, 0.5) is 0 Å². The molecule has 0 aliphatic carbocycles. The van der Waals surface area contributed by atoms with Gasteiger partial charge in [-0.05, 0) is 13.5 Å². The largest absolute Gasteiger partial charge is 0.306 e. The second-order valence-electron chi connectivity index (χ2n) is 3.34. The monoisotopic (exact) mass is 167 g/mol. The van der Waals surface area contributed by atoms with Crippen LogP contribution in [-0.4, -0.2) is 35.2 Å². The van der Waals surface area contributed by atoms with Gasteiger partial charge in [0.15, 0.2) is 0 Å². The number of nitrogens with one attached hydrogen (secondary N) is 2. The fraction of sp³-hybridized carbons (Fsp3) is 0.625. The maximum absolute atomic E-state index is 11.2. The minimum atomic E-state index is 0.0558. The number of H-pyrrole nitrogens is 2. The van der Waals surface area contributed by atoms with Gasteiger partial charge in [0, 0.05) is 30.8 Å². The van der Waals surface area contributed by atoms with E-state index >= 15 is 0 Å². The van der Waals surface area contributed by atoms with Crippen LogP contribution in [0, 0.1) is 0 Å². The Kier molecular flexibility index (Phi) is 1.77. The molecule has 2 heterocycles. The summed E-state index contributed by atoms with van der Waals surface area (Å²) >= 11 is 0. The van der Waals surface area contributed by atoms with Gasteiger partial charge in [0.25, 0.3) is 5.56 Å². The molecular weight excluding hydrogens is 154 g/mol. The first-order valence-electron chi connectivity index (χ1n) is 4.24. The zero-order valence-corrected chi connectivity index (χ0v) is 7.18. The van der Waals surface area contributed by atoms with E-state index in [1.807, 2.05) is 0 Å². The number of rotatable bonds is 0. The second-order valence-corrected chi connectivity index (χ2v) is 3.34. The van der Waals surface area contributed by atoms with Gasteiger partial charge >= 0.3 is 0 Å². The molecule has 1 aliphatic rings. The number of hydrogen-bond donors (Lipinski definition) is 2. The first-order chi connectivity index (χ1) is 5.77. The van der Waals surface area contributed by atoms with Crippen molar-refractivity contribution < 1.29 is 0 Å². The zero-order valence-electron chi connectivity index (χ0n) is 7.18. The Morgan fingerprint density at radius 3 is 2.83 bits per heavy atom. The van der Waals surface area contributed by atoms with Crippen molar-refractivity contribution in [2.45, 2.75) is 12.8 Å². The summed E-state index contributed by atoms with van der Waals surface area (Å²) in [7, 11) is 2.08. The molecule has 0 aromatic carbocycles. The van der Waals surface area contributed by atoms with Gasteiger partial charge < -0.3 is 10.00 Å². The quantitative estimate of drug-likeness (QED) is 0.559. The molecule has 1 aliphatic heterocycles. The van der Waals surface area contributed by atoms with Gasteiger partial charge in [0.2, 0.25) is 0 Å². The number of likely N-dealkylation sites (N-methyl/N-ethyl adjacent to an activating group) is 1. The van der Waals surface area contributed by atoms with Crippen LogP contribution in [-0.2, 0) is 12.8 Å². The molecule has 1 aromatic rings. The third kappa shape index (κ3) is 1.18. The average Bonchev–Trinajstić information content (AvgIpc) is 2.28. The zero-order chi connectivity index (χ0) is 8.55. The topological polar surface area (TPSA) is 51.9 Å². The van der Waals surface area contributed by atoms with Crippen molar-refractivity contribution in [1.29, 1.82) is 0 Å². The van der Waals surface area contributed by atoms with Crippen LogP contribution in [0.15, 0.2) is 4.79 Å². The van der Waals surface area contributed by atoms with Gasteiger partial charge in [0.1, 0.15) is 0 Å². The lowest BCUT2D eigenvalue weighted by atomic mass is 10.2. The highest BCUT2D eigenvalue weighted by molar-refractivity contribution is 5.18. The average molecular weight is 167 g/mol. The van der Waals surface area contributed by atoms with Crippen LogP contribution in [0.3, 0.4) is 0 Å². The molecule has 0 fully saturated rings. The van der Waals surface area contributed by atoms with Crippen molar-refractivity contribution in [3.05, 3.63) is 21.6 Å². The van der Waals surface area contributed by atoms with E-state index in [2.05, 4.69) is 22.1 Å². The Morgan fingerprint density at radius 1 is 1.25 bits per heavy atom. The normalized spacial score (nSPS) is 18.8. The van der Waals surface area contributed by atoms with Crippen molar-refractivity contribution in [3.8, 4) is 0 Å². The third-order valence-corrected chi connectivity index (χ3v) is 2.45. The molecule has 1 aromatic heterocycles. The van der Waals surface area contributed by atoms with Crippen LogP contribution < -0.4 is 5.56 Å². The van der Waals surface area contributed by atoms with E-state index in [1.54, 1.807) is 0 Å². The van der Waals surface area contributed by atoms with Crippen molar-refractivity contribution in [1.82, 2.24) is 15.1 Å². The predicted octanol–water partition coefficient (Wildman–Crippen LogP) is -0.267. The van der Waals surface area contributed by atoms with Gasteiger partial charge in [-0.15, -0.1) is 0 Å². The summed E-state index contributed by atoms with van der Waals surface area (Å²) in [5.41, 5.74) is 2.09. The molecule has 12 heavy (non-hydrogen) atoms. The number of fused-ring (bicyclic) bond motifs is 1. The molecule has 66 valence electrons. The third-order valence-electron chi connectivity index (χ3n) is 2.45. The second kappa shape index (κ2) is 2.79. The lowest BCUT2D eigenvalue weighted by molar-refractivity contribution is 0.351. The van der Waals surface area contributed by atoms with Gasteiger partial charge in [-0.2, -0.15) is 0 Å². The van der Waals surface area contributed by atoms with Crippen molar-refractivity contribution in [3.63, 3.8) is 0 Å². The fourth-order valence-corrected chi connectivity index (χ4v) is 1.62. The van der Waals surface area contributed by atoms with Crippen LogP contribution in [0.1, 0.15) is 11.3 Å². The summed E-state index contributed by atoms with van der Waals surface area (Å²) < 4.78 is 0. The molecule has 0 atom stereocenters. The van der Waals surface area contributed by atoms with E-state index < -0.39 is 0 Å². The molecule has 4 heteroatoms. The van der Waals surface area contributed by atoms with Gasteiger partial charge in [0.05, 0.1) is 0 Å². The minimum Gasteiger partial charge on any atom is -0.306 e. The molecule has 0 spiro atoms. The molecule has 0 unspecified atom stereocenters. The molecule has 0 amide bonds. The first-order valence-corrected chi connectivity index (χ1v) is 4.24. The maximum Gasteiger partial charge on any atom is 0.267 e. The summed E-state index contributed by atoms with van der Waals surface area (Å²) in [5.74, 6) is 0. The highest BCUT2D eigenvalue weighted by Crippen LogP contribution is 2.07. The molecule has 0 bridgehead atoms.